The maximum absolute atomic E-state index is 12.5. The fraction of sp³-hybridized carbons (Fsp3) is 0.500. The zero-order chi connectivity index (χ0) is 20.6. The van der Waals surface area contributed by atoms with Crippen LogP contribution in [0.5, 0.6) is 5.75 Å². The third-order valence-corrected chi connectivity index (χ3v) is 6.51. The molecule has 1 aliphatic carbocycles. The first kappa shape index (κ1) is 20.9. The number of ether oxygens (including phenoxy) is 1. The van der Waals surface area contributed by atoms with Crippen LogP contribution in [0.25, 0.3) is 0 Å². The van der Waals surface area contributed by atoms with E-state index in [-0.39, 0.29) is 12.0 Å². The van der Waals surface area contributed by atoms with E-state index in [0.29, 0.717) is 12.1 Å². The van der Waals surface area contributed by atoms with E-state index < -0.39 is 0 Å². The molecule has 2 aliphatic rings. The second-order valence-corrected chi connectivity index (χ2v) is 8.66. The van der Waals surface area contributed by atoms with Crippen LogP contribution in [-0.4, -0.2) is 42.6 Å². The number of nitrogens with one attached hydrogen (secondary N) is 1. The van der Waals surface area contributed by atoms with E-state index in [1.54, 1.807) is 0 Å². The van der Waals surface area contributed by atoms with Crippen molar-refractivity contribution in [2.45, 2.75) is 63.5 Å². The van der Waals surface area contributed by atoms with Crippen LogP contribution in [0.2, 0.25) is 0 Å². The second-order valence-electron chi connectivity index (χ2n) is 8.66. The second kappa shape index (κ2) is 10.6. The van der Waals surface area contributed by atoms with Gasteiger partial charge in [-0.15, -0.1) is 0 Å². The van der Waals surface area contributed by atoms with Gasteiger partial charge < -0.3 is 15.0 Å². The summed E-state index contributed by atoms with van der Waals surface area (Å²) in [7, 11) is 0. The van der Waals surface area contributed by atoms with Gasteiger partial charge in [0.1, 0.15) is 11.9 Å². The Morgan fingerprint density at radius 1 is 0.933 bits per heavy atom. The molecule has 0 radical (unpaired) electrons. The molecule has 2 aromatic rings. The molecule has 2 fully saturated rings. The van der Waals surface area contributed by atoms with Gasteiger partial charge in [-0.1, -0.05) is 55.7 Å². The van der Waals surface area contributed by atoms with Crippen molar-refractivity contribution in [2.24, 2.45) is 0 Å². The summed E-state index contributed by atoms with van der Waals surface area (Å²) in [5, 5.41) is 3.02. The van der Waals surface area contributed by atoms with Crippen molar-refractivity contribution < 1.29 is 9.53 Å². The van der Waals surface area contributed by atoms with Gasteiger partial charge in [0.25, 0.3) is 5.91 Å². The molecule has 4 nitrogen and oxygen atoms in total. The molecule has 1 saturated carbocycles. The number of nitrogens with zero attached hydrogens (tertiary/aromatic N) is 1. The van der Waals surface area contributed by atoms with Gasteiger partial charge in [-0.3, -0.25) is 4.79 Å². The highest BCUT2D eigenvalue weighted by molar-refractivity contribution is 5.94. The normalized spacial score (nSPS) is 18.8. The van der Waals surface area contributed by atoms with Crippen LogP contribution in [0.1, 0.15) is 60.9 Å². The maximum Gasteiger partial charge on any atom is 0.251 e. The van der Waals surface area contributed by atoms with Gasteiger partial charge in [0.05, 0.1) is 0 Å². The highest BCUT2D eigenvalue weighted by Gasteiger charge is 2.27. The number of benzene rings is 2. The fourth-order valence-electron chi connectivity index (χ4n) is 4.78. The minimum absolute atomic E-state index is 0.0384. The van der Waals surface area contributed by atoms with Crippen LogP contribution in [0, 0.1) is 0 Å². The molecule has 2 aromatic carbocycles. The molecule has 1 aliphatic heterocycles. The average molecular weight is 407 g/mol. The Bertz CT molecular complexity index is 794. The number of hydrogen-bond acceptors (Lipinski definition) is 3. The first-order valence-corrected chi connectivity index (χ1v) is 11.6. The summed E-state index contributed by atoms with van der Waals surface area (Å²) < 4.78 is 6.25. The number of amides is 1. The predicted molar refractivity (Wildman–Crippen MR) is 121 cm³/mol. The molecule has 0 spiro atoms. The SMILES string of the molecule is O=C(NCCc1ccccc1)c1cccc(OC2CCN(C3CCCCC3)CC2)c1. The minimum Gasteiger partial charge on any atom is -0.490 e. The quantitative estimate of drug-likeness (QED) is 0.716. The van der Waals surface area contributed by atoms with E-state index in [9.17, 15) is 4.79 Å². The number of likely N-dealkylation sites (tertiary alicyclic amines) is 1. The number of carbonyl (C=O) groups excluding carboxylic acids is 1. The van der Waals surface area contributed by atoms with Crippen LogP contribution in [0.4, 0.5) is 0 Å². The summed E-state index contributed by atoms with van der Waals surface area (Å²) in [4.78, 5) is 15.2. The van der Waals surface area contributed by atoms with Gasteiger partial charge in [0, 0.05) is 31.2 Å². The smallest absolute Gasteiger partial charge is 0.251 e. The van der Waals surface area contributed by atoms with Crippen molar-refractivity contribution in [3.8, 4) is 5.75 Å². The summed E-state index contributed by atoms with van der Waals surface area (Å²) in [5.41, 5.74) is 1.90. The van der Waals surface area contributed by atoms with Crippen molar-refractivity contribution in [2.75, 3.05) is 19.6 Å². The Kier molecular flexibility index (Phi) is 7.41. The Hall–Kier alpha value is -2.33. The summed E-state index contributed by atoms with van der Waals surface area (Å²) in [5.74, 6) is 0.769. The van der Waals surface area contributed by atoms with E-state index in [1.165, 1.54) is 37.7 Å². The van der Waals surface area contributed by atoms with Crippen molar-refractivity contribution in [1.29, 1.82) is 0 Å². The van der Waals surface area contributed by atoms with E-state index in [1.807, 2.05) is 42.5 Å². The predicted octanol–water partition coefficient (Wildman–Crippen LogP) is 4.84. The molecular weight excluding hydrogens is 372 g/mol. The molecule has 4 rings (SSSR count). The van der Waals surface area contributed by atoms with Gasteiger partial charge in [0.2, 0.25) is 0 Å². The highest BCUT2D eigenvalue weighted by atomic mass is 16.5. The van der Waals surface area contributed by atoms with Crippen LogP contribution in [-0.2, 0) is 6.42 Å². The molecule has 1 heterocycles. The van der Waals surface area contributed by atoms with E-state index in [4.69, 9.17) is 4.74 Å². The van der Waals surface area contributed by atoms with E-state index in [0.717, 1.165) is 44.1 Å². The summed E-state index contributed by atoms with van der Waals surface area (Å²) in [6, 6.07) is 18.6. The van der Waals surface area contributed by atoms with Crippen molar-refractivity contribution in [3.05, 3.63) is 65.7 Å². The number of rotatable bonds is 7. The van der Waals surface area contributed by atoms with Gasteiger partial charge in [-0.2, -0.15) is 0 Å². The van der Waals surface area contributed by atoms with Crippen LogP contribution in [0.3, 0.4) is 0 Å². The molecule has 0 unspecified atom stereocenters. The zero-order valence-corrected chi connectivity index (χ0v) is 17.9. The van der Waals surface area contributed by atoms with Crippen LogP contribution in [0.15, 0.2) is 54.6 Å². The Morgan fingerprint density at radius 2 is 1.70 bits per heavy atom. The topological polar surface area (TPSA) is 41.6 Å². The summed E-state index contributed by atoms with van der Waals surface area (Å²) in [6.45, 7) is 2.90. The number of carbonyl (C=O) groups is 1. The van der Waals surface area contributed by atoms with Gasteiger partial charge >= 0.3 is 0 Å². The van der Waals surface area contributed by atoms with Crippen molar-refractivity contribution in [1.82, 2.24) is 10.2 Å². The van der Waals surface area contributed by atoms with Gasteiger partial charge in [-0.05, 0) is 55.9 Å². The van der Waals surface area contributed by atoms with Gasteiger partial charge in [-0.25, -0.2) is 0 Å². The lowest BCUT2D eigenvalue weighted by atomic mass is 9.92. The first-order chi connectivity index (χ1) is 14.8. The van der Waals surface area contributed by atoms with Crippen LogP contribution < -0.4 is 10.1 Å². The molecule has 160 valence electrons. The minimum atomic E-state index is -0.0384. The zero-order valence-electron chi connectivity index (χ0n) is 17.9. The molecule has 1 saturated heterocycles. The largest absolute Gasteiger partial charge is 0.490 e. The van der Waals surface area contributed by atoms with Gasteiger partial charge in [0.15, 0.2) is 0 Å². The lowest BCUT2D eigenvalue weighted by Crippen LogP contribution is -2.44. The maximum atomic E-state index is 12.5. The molecular formula is C26H34N2O2. The lowest BCUT2D eigenvalue weighted by molar-refractivity contribution is 0.0629. The molecule has 30 heavy (non-hydrogen) atoms. The Morgan fingerprint density at radius 3 is 2.47 bits per heavy atom. The monoisotopic (exact) mass is 406 g/mol. The fourth-order valence-corrected chi connectivity index (χ4v) is 4.78. The molecule has 1 amide bonds. The summed E-state index contributed by atoms with van der Waals surface area (Å²) in [6.07, 6.45) is 10.2. The standard InChI is InChI=1S/C26H34N2O2/c29-26(27-17-14-21-8-3-1-4-9-21)22-10-7-13-25(20-22)30-24-15-18-28(19-16-24)23-11-5-2-6-12-23/h1,3-4,7-10,13,20,23-24H,2,5-6,11-12,14-19H2,(H,27,29). The molecule has 4 heteroatoms. The average Bonchev–Trinajstić information content (AvgIpc) is 2.81. The van der Waals surface area contributed by atoms with Crippen LogP contribution >= 0.6 is 0 Å². The van der Waals surface area contributed by atoms with Crippen molar-refractivity contribution in [3.63, 3.8) is 0 Å². The molecule has 1 N–H and O–H groups in total. The third kappa shape index (κ3) is 5.85. The Labute approximate surface area is 180 Å². The van der Waals surface area contributed by atoms with E-state index >= 15 is 0 Å². The van der Waals surface area contributed by atoms with E-state index in [2.05, 4.69) is 22.3 Å². The number of piperidine rings is 1. The van der Waals surface area contributed by atoms with Crippen molar-refractivity contribution >= 4 is 5.91 Å². The molecule has 0 aromatic heterocycles. The first-order valence-electron chi connectivity index (χ1n) is 11.6. The summed E-state index contributed by atoms with van der Waals surface area (Å²) >= 11 is 0. The lowest BCUT2D eigenvalue weighted by Gasteiger charge is -2.39. The number of hydrogen-bond donors (Lipinski definition) is 1. The highest BCUT2D eigenvalue weighted by Crippen LogP contribution is 2.27. The Balaban J connectivity index is 1.23. The molecule has 0 atom stereocenters. The third-order valence-electron chi connectivity index (χ3n) is 6.51. The molecule has 0 bridgehead atoms.